The summed E-state index contributed by atoms with van der Waals surface area (Å²) in [4.78, 5) is 24.6. The maximum atomic E-state index is 12.3. The zero-order chi connectivity index (χ0) is 19.9. The Balaban J connectivity index is 1.60. The number of aryl methyl sites for hydroxylation is 2. The van der Waals surface area contributed by atoms with E-state index in [2.05, 4.69) is 16.0 Å². The smallest absolute Gasteiger partial charge is 0.251 e. The molecule has 0 aliphatic rings. The summed E-state index contributed by atoms with van der Waals surface area (Å²) >= 11 is 0. The van der Waals surface area contributed by atoms with E-state index in [0.717, 1.165) is 22.5 Å². The molecule has 0 atom stereocenters. The van der Waals surface area contributed by atoms with Gasteiger partial charge in [0, 0.05) is 11.3 Å². The van der Waals surface area contributed by atoms with Crippen molar-refractivity contribution < 1.29 is 9.59 Å². The van der Waals surface area contributed by atoms with Crippen LogP contribution in [0.5, 0.6) is 0 Å². The third-order valence-corrected chi connectivity index (χ3v) is 4.43. The van der Waals surface area contributed by atoms with E-state index < -0.39 is 0 Å². The van der Waals surface area contributed by atoms with E-state index in [4.69, 9.17) is 0 Å². The topological polar surface area (TPSA) is 70.2 Å². The summed E-state index contributed by atoms with van der Waals surface area (Å²) in [5, 5.41) is 8.78. The first kappa shape index (κ1) is 19.2. The maximum Gasteiger partial charge on any atom is 0.251 e. The predicted octanol–water partition coefficient (Wildman–Crippen LogP) is 4.42. The Morgan fingerprint density at radius 1 is 0.786 bits per heavy atom. The first-order valence-corrected chi connectivity index (χ1v) is 9.09. The number of carbonyl (C=O) groups excluding carboxylic acids is 2. The van der Waals surface area contributed by atoms with Crippen LogP contribution in [0.1, 0.15) is 21.5 Å². The number of nitrogens with one attached hydrogen (secondary N) is 3. The lowest BCUT2D eigenvalue weighted by atomic mass is 10.1. The molecule has 142 valence electrons. The van der Waals surface area contributed by atoms with Gasteiger partial charge in [0.1, 0.15) is 0 Å². The number of hydrogen-bond acceptors (Lipinski definition) is 3. The van der Waals surface area contributed by atoms with E-state index in [9.17, 15) is 9.59 Å². The van der Waals surface area contributed by atoms with Crippen molar-refractivity contribution in [3.63, 3.8) is 0 Å². The predicted molar refractivity (Wildman–Crippen MR) is 113 cm³/mol. The molecule has 3 N–H and O–H groups in total. The van der Waals surface area contributed by atoms with Crippen molar-refractivity contribution in [2.24, 2.45) is 0 Å². The van der Waals surface area contributed by atoms with Gasteiger partial charge in [-0.05, 0) is 61.4 Å². The second kappa shape index (κ2) is 8.86. The summed E-state index contributed by atoms with van der Waals surface area (Å²) in [7, 11) is 0. The average Bonchev–Trinajstić information content (AvgIpc) is 2.70. The van der Waals surface area contributed by atoms with Crippen LogP contribution >= 0.6 is 0 Å². The highest BCUT2D eigenvalue weighted by atomic mass is 16.2. The molecule has 3 aromatic rings. The first-order valence-electron chi connectivity index (χ1n) is 9.09. The maximum absolute atomic E-state index is 12.3. The summed E-state index contributed by atoms with van der Waals surface area (Å²) in [5.41, 5.74) is 5.06. The fourth-order valence-corrected chi connectivity index (χ4v) is 2.72. The van der Waals surface area contributed by atoms with Crippen molar-refractivity contribution in [3.8, 4) is 0 Å². The van der Waals surface area contributed by atoms with Gasteiger partial charge in [-0.1, -0.05) is 36.4 Å². The quantitative estimate of drug-likeness (QED) is 0.599. The van der Waals surface area contributed by atoms with E-state index >= 15 is 0 Å². The van der Waals surface area contributed by atoms with E-state index in [1.165, 1.54) is 0 Å². The Bertz CT molecular complexity index is 984. The van der Waals surface area contributed by atoms with E-state index in [1.54, 1.807) is 6.07 Å². The Morgan fingerprint density at radius 3 is 2.18 bits per heavy atom. The molecule has 0 saturated heterocycles. The highest BCUT2D eigenvalue weighted by Gasteiger charge is 2.11. The van der Waals surface area contributed by atoms with E-state index in [1.807, 2.05) is 80.6 Å². The fourth-order valence-electron chi connectivity index (χ4n) is 2.72. The lowest BCUT2D eigenvalue weighted by Crippen LogP contribution is -2.33. The molecule has 0 bridgehead atoms. The largest absolute Gasteiger partial charge is 0.354 e. The zero-order valence-electron chi connectivity index (χ0n) is 16.0. The third kappa shape index (κ3) is 4.98. The molecule has 0 aromatic heterocycles. The van der Waals surface area contributed by atoms with Gasteiger partial charge >= 0.3 is 0 Å². The molecular weight excluding hydrogens is 350 g/mol. The van der Waals surface area contributed by atoms with Gasteiger partial charge < -0.3 is 16.0 Å². The van der Waals surface area contributed by atoms with Crippen molar-refractivity contribution in [1.29, 1.82) is 0 Å². The molecule has 0 heterocycles. The highest BCUT2D eigenvalue weighted by molar-refractivity contribution is 6.00. The van der Waals surface area contributed by atoms with Crippen LogP contribution in [0.4, 0.5) is 17.1 Å². The fraction of sp³-hybridized carbons (Fsp3) is 0.130. The van der Waals surface area contributed by atoms with Gasteiger partial charge in [0.15, 0.2) is 0 Å². The highest BCUT2D eigenvalue weighted by Crippen LogP contribution is 2.24. The molecule has 0 aliphatic heterocycles. The van der Waals surface area contributed by atoms with Crippen LogP contribution in [-0.4, -0.2) is 18.4 Å². The lowest BCUT2D eigenvalue weighted by Gasteiger charge is -2.13. The molecule has 0 aliphatic carbocycles. The summed E-state index contributed by atoms with van der Waals surface area (Å²) in [5.74, 6) is -0.562. The number of para-hydroxylation sites is 3. The Kier molecular flexibility index (Phi) is 6.07. The minimum Gasteiger partial charge on any atom is -0.354 e. The lowest BCUT2D eigenvalue weighted by molar-refractivity contribution is -0.115. The van der Waals surface area contributed by atoms with Gasteiger partial charge in [-0.2, -0.15) is 0 Å². The summed E-state index contributed by atoms with van der Waals surface area (Å²) in [6, 6.07) is 22.6. The average molecular weight is 373 g/mol. The first-order chi connectivity index (χ1) is 13.5. The molecular formula is C23H23N3O2. The second-order valence-electron chi connectivity index (χ2n) is 6.57. The molecule has 0 radical (unpaired) electrons. The van der Waals surface area contributed by atoms with Gasteiger partial charge in [-0.15, -0.1) is 0 Å². The number of amides is 2. The number of benzene rings is 3. The summed E-state index contributed by atoms with van der Waals surface area (Å²) < 4.78 is 0. The SMILES string of the molecule is Cc1ccc(C(=O)NCC(=O)Nc2ccccc2Nc2ccccc2)cc1C. The van der Waals surface area contributed by atoms with Gasteiger partial charge in [-0.25, -0.2) is 0 Å². The minimum atomic E-state index is -0.292. The van der Waals surface area contributed by atoms with Crippen LogP contribution in [-0.2, 0) is 4.79 Å². The van der Waals surface area contributed by atoms with Crippen LogP contribution in [0.3, 0.4) is 0 Å². The molecule has 0 spiro atoms. The third-order valence-electron chi connectivity index (χ3n) is 4.43. The molecule has 0 unspecified atom stereocenters. The Labute approximate surface area is 164 Å². The van der Waals surface area contributed by atoms with Crippen LogP contribution < -0.4 is 16.0 Å². The van der Waals surface area contributed by atoms with Crippen LogP contribution in [0.15, 0.2) is 72.8 Å². The molecule has 5 heteroatoms. The van der Waals surface area contributed by atoms with Crippen LogP contribution in [0, 0.1) is 13.8 Å². The molecule has 2 amide bonds. The van der Waals surface area contributed by atoms with Crippen molar-refractivity contribution in [2.75, 3.05) is 17.2 Å². The van der Waals surface area contributed by atoms with E-state index in [-0.39, 0.29) is 18.4 Å². The number of carbonyl (C=O) groups is 2. The molecule has 0 saturated carbocycles. The minimum absolute atomic E-state index is 0.106. The monoisotopic (exact) mass is 373 g/mol. The molecule has 0 fully saturated rings. The van der Waals surface area contributed by atoms with E-state index in [0.29, 0.717) is 11.3 Å². The molecule has 3 aromatic carbocycles. The zero-order valence-corrected chi connectivity index (χ0v) is 16.0. The summed E-state index contributed by atoms with van der Waals surface area (Å²) in [6.45, 7) is 3.84. The van der Waals surface area contributed by atoms with Crippen molar-refractivity contribution in [3.05, 3.63) is 89.5 Å². The van der Waals surface area contributed by atoms with Crippen molar-refractivity contribution >= 4 is 28.9 Å². The normalized spacial score (nSPS) is 10.2. The standard InChI is InChI=1S/C23H23N3O2/c1-16-12-13-18(14-17(16)2)23(28)24-15-22(27)26-21-11-7-6-10-20(21)25-19-8-4-3-5-9-19/h3-14,25H,15H2,1-2H3,(H,24,28)(H,26,27). The van der Waals surface area contributed by atoms with Gasteiger partial charge in [-0.3, -0.25) is 9.59 Å². The molecule has 28 heavy (non-hydrogen) atoms. The summed E-state index contributed by atoms with van der Waals surface area (Å²) in [6.07, 6.45) is 0. The Morgan fingerprint density at radius 2 is 1.46 bits per heavy atom. The molecule has 5 nitrogen and oxygen atoms in total. The van der Waals surface area contributed by atoms with Crippen molar-refractivity contribution in [1.82, 2.24) is 5.32 Å². The molecule has 3 rings (SSSR count). The number of hydrogen-bond donors (Lipinski definition) is 3. The number of anilines is 3. The van der Waals surface area contributed by atoms with Gasteiger partial charge in [0.05, 0.1) is 17.9 Å². The Hall–Kier alpha value is -3.60. The van der Waals surface area contributed by atoms with Crippen LogP contribution in [0.25, 0.3) is 0 Å². The van der Waals surface area contributed by atoms with Gasteiger partial charge in [0.2, 0.25) is 5.91 Å². The van der Waals surface area contributed by atoms with Gasteiger partial charge in [0.25, 0.3) is 5.91 Å². The van der Waals surface area contributed by atoms with Crippen molar-refractivity contribution in [2.45, 2.75) is 13.8 Å². The van der Waals surface area contributed by atoms with Crippen LogP contribution in [0.2, 0.25) is 0 Å². The second-order valence-corrected chi connectivity index (χ2v) is 6.57. The number of rotatable bonds is 6.